The molecule has 3 aromatic carbocycles. The molecule has 0 aromatic heterocycles. The Labute approximate surface area is 195 Å². The van der Waals surface area contributed by atoms with E-state index in [1.54, 1.807) is 13.0 Å². The van der Waals surface area contributed by atoms with Crippen LogP contribution >= 0.6 is 0 Å². The molecule has 0 aliphatic heterocycles. The Bertz CT molecular complexity index is 1260. The van der Waals surface area contributed by atoms with Crippen LogP contribution in [0, 0.1) is 0 Å². The maximum atomic E-state index is 12.2. The largest absolute Gasteiger partial charge is 0.488 e. The van der Waals surface area contributed by atoms with Gasteiger partial charge in [-0.15, -0.1) is 0 Å². The molecule has 6 nitrogen and oxygen atoms in total. The van der Waals surface area contributed by atoms with Gasteiger partial charge in [-0.3, -0.25) is 4.55 Å². The smallest absolute Gasteiger partial charge is 0.333 e. The van der Waals surface area contributed by atoms with Gasteiger partial charge in [-0.1, -0.05) is 63.1 Å². The van der Waals surface area contributed by atoms with E-state index in [4.69, 9.17) is 9.47 Å². The highest BCUT2D eigenvalue weighted by atomic mass is 32.2. The van der Waals surface area contributed by atoms with Gasteiger partial charge in [0.15, 0.2) is 0 Å². The molecule has 0 aliphatic rings. The molecular weight excluding hydrogens is 440 g/mol. The normalized spacial score (nSPS) is 12.6. The summed E-state index contributed by atoms with van der Waals surface area (Å²) in [7, 11) is -4.37. The van der Waals surface area contributed by atoms with Crippen molar-refractivity contribution in [2.24, 2.45) is 0 Å². The van der Waals surface area contributed by atoms with E-state index in [0.717, 1.165) is 41.8 Å². The van der Waals surface area contributed by atoms with Gasteiger partial charge in [0.25, 0.3) is 10.1 Å². The predicted octanol–water partition coefficient (Wildman–Crippen LogP) is 6.08. The molecule has 0 saturated heterocycles. The van der Waals surface area contributed by atoms with Crippen molar-refractivity contribution in [3.8, 4) is 5.75 Å². The number of fused-ring (bicyclic) bond motifs is 2. The maximum Gasteiger partial charge on any atom is 0.333 e. The lowest BCUT2D eigenvalue weighted by atomic mass is 10.0. The molecule has 176 valence electrons. The van der Waals surface area contributed by atoms with Gasteiger partial charge in [-0.25, -0.2) is 4.79 Å². The van der Waals surface area contributed by atoms with Crippen LogP contribution in [0.25, 0.3) is 21.5 Å². The highest BCUT2D eigenvalue weighted by molar-refractivity contribution is 7.85. The van der Waals surface area contributed by atoms with Crippen LogP contribution in [0.3, 0.4) is 0 Å². The first-order chi connectivity index (χ1) is 15.7. The van der Waals surface area contributed by atoms with Gasteiger partial charge < -0.3 is 9.47 Å². The summed E-state index contributed by atoms with van der Waals surface area (Å²) in [6, 6.07) is 14.0. The molecule has 0 aliphatic carbocycles. The molecule has 0 radical (unpaired) electrons. The van der Waals surface area contributed by atoms with E-state index < -0.39 is 22.2 Å². The van der Waals surface area contributed by atoms with Crippen molar-refractivity contribution in [1.82, 2.24) is 0 Å². The first kappa shape index (κ1) is 24.7. The molecule has 0 spiro atoms. The average Bonchev–Trinajstić information content (AvgIpc) is 2.78. The maximum absolute atomic E-state index is 12.2. The van der Waals surface area contributed by atoms with Gasteiger partial charge in [0.1, 0.15) is 18.5 Å². The zero-order valence-corrected chi connectivity index (χ0v) is 19.9. The van der Waals surface area contributed by atoms with Crippen LogP contribution in [-0.2, 0) is 19.6 Å². The molecule has 0 bridgehead atoms. The van der Waals surface area contributed by atoms with Crippen molar-refractivity contribution in [2.75, 3.05) is 6.61 Å². The number of carbonyl (C=O) groups excluding carboxylic acids is 1. The lowest BCUT2D eigenvalue weighted by Gasteiger charge is -2.20. The van der Waals surface area contributed by atoms with Crippen molar-refractivity contribution in [3.63, 3.8) is 0 Å². The summed E-state index contributed by atoms with van der Waals surface area (Å²) in [5.74, 6) is 0.0223. The molecule has 3 aromatic rings. The second kappa shape index (κ2) is 10.8. The Morgan fingerprint density at radius 1 is 1.03 bits per heavy atom. The summed E-state index contributed by atoms with van der Waals surface area (Å²) in [6.07, 6.45) is 4.32. The predicted molar refractivity (Wildman–Crippen MR) is 130 cm³/mol. The van der Waals surface area contributed by atoms with E-state index >= 15 is 0 Å². The zero-order valence-electron chi connectivity index (χ0n) is 19.0. The quantitative estimate of drug-likeness (QED) is 0.120. The minimum absolute atomic E-state index is 0.115. The number of ether oxygens (including phenoxy) is 2. The summed E-state index contributed by atoms with van der Waals surface area (Å²) < 4.78 is 44.8. The van der Waals surface area contributed by atoms with Crippen molar-refractivity contribution >= 4 is 37.6 Å². The summed E-state index contributed by atoms with van der Waals surface area (Å²) in [4.78, 5) is 12.0. The van der Waals surface area contributed by atoms with E-state index in [1.165, 1.54) is 12.1 Å². The fourth-order valence-electron chi connectivity index (χ4n) is 3.72. The molecule has 1 unspecified atom stereocenters. The van der Waals surface area contributed by atoms with Crippen LogP contribution in [0.1, 0.15) is 46.0 Å². The zero-order chi connectivity index (χ0) is 24.0. The van der Waals surface area contributed by atoms with Crippen LogP contribution in [0.5, 0.6) is 5.75 Å². The van der Waals surface area contributed by atoms with Crippen LogP contribution in [0.4, 0.5) is 0 Å². The highest BCUT2D eigenvalue weighted by Crippen LogP contribution is 2.36. The molecule has 7 heteroatoms. The number of carbonyl (C=O) groups is 1. The summed E-state index contributed by atoms with van der Waals surface area (Å²) in [5, 5.41) is 3.06. The first-order valence-electron chi connectivity index (χ1n) is 11.1. The number of benzene rings is 3. The molecule has 3 rings (SSSR count). The first-order valence-corrected chi connectivity index (χ1v) is 12.6. The third-order valence-corrected chi connectivity index (χ3v) is 6.35. The fraction of sp³-hybridized carbons (Fsp3) is 0.346. The molecular formula is C26H30O6S. The van der Waals surface area contributed by atoms with Crippen LogP contribution in [0.15, 0.2) is 65.6 Å². The molecule has 0 fully saturated rings. The number of hydrogen-bond donors (Lipinski definition) is 1. The standard InChI is InChI=1S/C26H30O6S/c1-4-5-6-7-11-21(32-26(27)18(2)3)17-31-25-23-12-9-8-10-19(23)15-20-13-14-22(16-24(20)25)33(28,29)30/h8-10,12-16,21H,2,4-7,11,17H2,1,3H3,(H,28,29,30). The number of esters is 1. The third-order valence-electron chi connectivity index (χ3n) is 5.50. The van der Waals surface area contributed by atoms with Crippen molar-refractivity contribution in [1.29, 1.82) is 0 Å². The summed E-state index contributed by atoms with van der Waals surface area (Å²) in [5.41, 5.74) is 0.321. The van der Waals surface area contributed by atoms with Crippen molar-refractivity contribution in [3.05, 3.63) is 60.7 Å². The Kier molecular flexibility index (Phi) is 8.10. The minimum atomic E-state index is -4.37. The number of rotatable bonds is 11. The molecule has 1 N–H and O–H groups in total. The van der Waals surface area contributed by atoms with Crippen LogP contribution < -0.4 is 4.74 Å². The summed E-state index contributed by atoms with van der Waals surface area (Å²) in [6.45, 7) is 7.51. The van der Waals surface area contributed by atoms with E-state index in [1.807, 2.05) is 30.3 Å². The molecule has 0 amide bonds. The lowest BCUT2D eigenvalue weighted by molar-refractivity contribution is -0.146. The van der Waals surface area contributed by atoms with E-state index in [0.29, 0.717) is 23.1 Å². The average molecular weight is 471 g/mol. The monoisotopic (exact) mass is 470 g/mol. The third kappa shape index (κ3) is 6.33. The number of hydrogen-bond acceptors (Lipinski definition) is 5. The van der Waals surface area contributed by atoms with Gasteiger partial charge in [-0.05, 0) is 48.7 Å². The van der Waals surface area contributed by atoms with Gasteiger partial charge in [0, 0.05) is 16.3 Å². The molecule has 33 heavy (non-hydrogen) atoms. The Balaban J connectivity index is 1.97. The van der Waals surface area contributed by atoms with E-state index in [2.05, 4.69) is 13.5 Å². The number of unbranched alkanes of at least 4 members (excludes halogenated alkanes) is 3. The topological polar surface area (TPSA) is 89.9 Å². The second-order valence-corrected chi connectivity index (χ2v) is 9.67. The molecule has 0 heterocycles. The molecule has 1 atom stereocenters. The van der Waals surface area contributed by atoms with Crippen molar-refractivity contribution < 1.29 is 27.2 Å². The molecule has 0 saturated carbocycles. The van der Waals surface area contributed by atoms with Gasteiger partial charge in [0.2, 0.25) is 0 Å². The minimum Gasteiger partial charge on any atom is -0.488 e. The SMILES string of the molecule is C=C(C)C(=O)OC(CCCCCC)COc1c2ccccc2cc2ccc(S(=O)(=O)O)cc12. The van der Waals surface area contributed by atoms with Crippen molar-refractivity contribution in [2.45, 2.75) is 57.0 Å². The lowest BCUT2D eigenvalue weighted by Crippen LogP contribution is -2.25. The van der Waals surface area contributed by atoms with E-state index in [9.17, 15) is 17.8 Å². The van der Waals surface area contributed by atoms with Gasteiger partial charge in [-0.2, -0.15) is 8.42 Å². The van der Waals surface area contributed by atoms with Crippen LogP contribution in [0.2, 0.25) is 0 Å². The Morgan fingerprint density at radius 3 is 2.45 bits per heavy atom. The van der Waals surface area contributed by atoms with Gasteiger partial charge >= 0.3 is 5.97 Å². The second-order valence-electron chi connectivity index (χ2n) is 8.25. The highest BCUT2D eigenvalue weighted by Gasteiger charge is 2.19. The Hall–Kier alpha value is -2.90. The van der Waals surface area contributed by atoms with E-state index in [-0.39, 0.29) is 11.5 Å². The van der Waals surface area contributed by atoms with Crippen LogP contribution in [-0.4, -0.2) is 31.7 Å². The van der Waals surface area contributed by atoms with Gasteiger partial charge in [0.05, 0.1) is 4.90 Å². The fourth-order valence-corrected chi connectivity index (χ4v) is 4.23. The summed E-state index contributed by atoms with van der Waals surface area (Å²) >= 11 is 0. The Morgan fingerprint density at radius 2 is 1.76 bits per heavy atom.